The second kappa shape index (κ2) is 10.4. The van der Waals surface area contributed by atoms with Gasteiger partial charge in [0.2, 0.25) is 0 Å². The second-order valence-electron chi connectivity index (χ2n) is 11.2. The van der Waals surface area contributed by atoms with Crippen molar-refractivity contribution in [2.75, 3.05) is 22.9 Å². The van der Waals surface area contributed by atoms with Crippen LogP contribution in [0.1, 0.15) is 52.0 Å². The first kappa shape index (κ1) is 26.8. The van der Waals surface area contributed by atoms with Gasteiger partial charge >= 0.3 is 5.97 Å². The van der Waals surface area contributed by atoms with Gasteiger partial charge in [0.25, 0.3) is 0 Å². The predicted octanol–water partition coefficient (Wildman–Crippen LogP) is 9.19. The molecule has 5 aromatic rings. The largest absolute Gasteiger partial charge is 0.456 e. The van der Waals surface area contributed by atoms with Gasteiger partial charge in [-0.3, -0.25) is 0 Å². The molecule has 0 aromatic heterocycles. The summed E-state index contributed by atoms with van der Waals surface area (Å²) < 4.78 is 13.2. The molecule has 0 bridgehead atoms. The minimum atomic E-state index is -1.13. The fraction of sp³-hybridized carbons (Fsp3) is 0.184. The minimum absolute atomic E-state index is 0.328. The molecule has 0 radical (unpaired) electrons. The van der Waals surface area contributed by atoms with Crippen molar-refractivity contribution >= 4 is 28.7 Å². The Balaban J connectivity index is 1.44. The standard InChI is InChI=1S/C38H34N2O3/c1-5-39(27-12-8-7-9-13-27)29-20-21-32-36(23-29)42-35-22-26(4)34(40(6-2)28-18-16-25(3)17-19-28)24-33(35)38(32)31-15-11-10-14-30(31)37(41)43-38/h7-24H,5-6H2,1-4H3. The van der Waals surface area contributed by atoms with Gasteiger partial charge in [-0.2, -0.15) is 0 Å². The first-order chi connectivity index (χ1) is 20.9. The molecule has 0 fully saturated rings. The predicted molar refractivity (Wildman–Crippen MR) is 172 cm³/mol. The van der Waals surface area contributed by atoms with Gasteiger partial charge in [-0.1, -0.05) is 54.1 Å². The number of para-hydroxylation sites is 1. The van der Waals surface area contributed by atoms with Crippen LogP contribution in [0.5, 0.6) is 11.5 Å². The number of benzene rings is 5. The Morgan fingerprint density at radius 1 is 0.628 bits per heavy atom. The topological polar surface area (TPSA) is 42.0 Å². The van der Waals surface area contributed by atoms with E-state index < -0.39 is 5.60 Å². The molecule has 1 unspecified atom stereocenters. The number of rotatable bonds is 6. The molecule has 214 valence electrons. The summed E-state index contributed by atoms with van der Waals surface area (Å²) >= 11 is 0. The molecule has 0 saturated carbocycles. The number of ether oxygens (including phenoxy) is 2. The fourth-order valence-corrected chi connectivity index (χ4v) is 6.59. The number of fused-ring (bicyclic) bond motifs is 6. The van der Waals surface area contributed by atoms with Crippen LogP contribution in [0.25, 0.3) is 0 Å². The number of hydrogen-bond donors (Lipinski definition) is 0. The highest BCUT2D eigenvalue weighted by atomic mass is 16.6. The molecule has 2 heterocycles. The van der Waals surface area contributed by atoms with E-state index in [4.69, 9.17) is 9.47 Å². The lowest BCUT2D eigenvalue weighted by Crippen LogP contribution is -2.33. The van der Waals surface area contributed by atoms with E-state index in [2.05, 4.69) is 104 Å². The van der Waals surface area contributed by atoms with E-state index in [1.165, 1.54) is 5.56 Å². The van der Waals surface area contributed by atoms with Gasteiger partial charge in [0.05, 0.1) is 5.56 Å². The van der Waals surface area contributed by atoms with E-state index >= 15 is 0 Å². The van der Waals surface area contributed by atoms with Crippen molar-refractivity contribution in [2.24, 2.45) is 0 Å². The first-order valence-corrected chi connectivity index (χ1v) is 14.9. The molecule has 1 atom stereocenters. The zero-order chi connectivity index (χ0) is 29.7. The Labute approximate surface area is 252 Å². The highest BCUT2D eigenvalue weighted by molar-refractivity contribution is 5.97. The van der Waals surface area contributed by atoms with Crippen molar-refractivity contribution in [2.45, 2.75) is 33.3 Å². The van der Waals surface area contributed by atoms with Crippen LogP contribution in [-0.2, 0) is 10.3 Å². The molecule has 0 saturated heterocycles. The monoisotopic (exact) mass is 566 g/mol. The molecule has 5 nitrogen and oxygen atoms in total. The quantitative estimate of drug-likeness (QED) is 0.192. The molecule has 7 rings (SSSR count). The Hall–Kier alpha value is -5.03. The maximum atomic E-state index is 13.5. The van der Waals surface area contributed by atoms with Crippen LogP contribution < -0.4 is 14.5 Å². The third-order valence-electron chi connectivity index (χ3n) is 8.66. The van der Waals surface area contributed by atoms with Gasteiger partial charge in [0.15, 0.2) is 5.60 Å². The minimum Gasteiger partial charge on any atom is -0.456 e. The lowest BCUT2D eigenvalue weighted by Gasteiger charge is -2.38. The zero-order valence-electron chi connectivity index (χ0n) is 24.9. The number of anilines is 4. The maximum Gasteiger partial charge on any atom is 0.340 e. The van der Waals surface area contributed by atoms with Gasteiger partial charge < -0.3 is 19.3 Å². The van der Waals surface area contributed by atoms with Crippen LogP contribution in [0.15, 0.2) is 109 Å². The van der Waals surface area contributed by atoms with Crippen molar-refractivity contribution in [3.63, 3.8) is 0 Å². The van der Waals surface area contributed by atoms with E-state index in [1.807, 2.05) is 42.5 Å². The molecule has 5 aromatic carbocycles. The molecular weight excluding hydrogens is 532 g/mol. The Morgan fingerprint density at radius 3 is 2.02 bits per heavy atom. The van der Waals surface area contributed by atoms with Crippen molar-refractivity contribution in [3.05, 3.63) is 143 Å². The number of hydrogen-bond acceptors (Lipinski definition) is 5. The number of carbonyl (C=O) groups excluding carboxylic acids is 1. The molecular formula is C38H34N2O3. The average Bonchev–Trinajstić information content (AvgIpc) is 3.32. The summed E-state index contributed by atoms with van der Waals surface area (Å²) in [5.74, 6) is 1.05. The van der Waals surface area contributed by atoms with Gasteiger partial charge in [0.1, 0.15) is 11.5 Å². The third kappa shape index (κ3) is 4.18. The normalized spacial score (nSPS) is 16.1. The molecule has 0 amide bonds. The third-order valence-corrected chi connectivity index (χ3v) is 8.66. The summed E-state index contributed by atoms with van der Waals surface area (Å²) in [4.78, 5) is 18.0. The van der Waals surface area contributed by atoms with E-state index in [0.717, 1.165) is 58.1 Å². The Kier molecular flexibility index (Phi) is 6.46. The first-order valence-electron chi connectivity index (χ1n) is 14.9. The number of aryl methyl sites for hydroxylation is 2. The SMILES string of the molecule is CCN(c1ccccc1)c1ccc2c(c1)Oc1cc(C)c(N(CC)c3ccc(C)cc3)cc1C21OC(=O)c2ccccc21. The second-order valence-corrected chi connectivity index (χ2v) is 11.2. The van der Waals surface area contributed by atoms with E-state index in [1.54, 1.807) is 0 Å². The van der Waals surface area contributed by atoms with Crippen molar-refractivity contribution in [1.29, 1.82) is 0 Å². The molecule has 5 heteroatoms. The number of carbonyl (C=O) groups is 1. The van der Waals surface area contributed by atoms with Crippen LogP contribution in [-0.4, -0.2) is 19.1 Å². The van der Waals surface area contributed by atoms with Crippen molar-refractivity contribution in [3.8, 4) is 11.5 Å². The summed E-state index contributed by atoms with van der Waals surface area (Å²) in [6, 6.07) is 37.1. The summed E-state index contributed by atoms with van der Waals surface area (Å²) in [5.41, 5.74) is 8.49. The van der Waals surface area contributed by atoms with Crippen LogP contribution in [0, 0.1) is 13.8 Å². The van der Waals surface area contributed by atoms with Gasteiger partial charge in [-0.15, -0.1) is 0 Å². The maximum absolute atomic E-state index is 13.5. The summed E-state index contributed by atoms with van der Waals surface area (Å²) in [7, 11) is 0. The summed E-state index contributed by atoms with van der Waals surface area (Å²) in [5, 5.41) is 0. The van der Waals surface area contributed by atoms with Crippen LogP contribution in [0.4, 0.5) is 22.7 Å². The molecule has 43 heavy (non-hydrogen) atoms. The molecule has 2 aliphatic heterocycles. The number of nitrogens with zero attached hydrogens (tertiary/aromatic N) is 2. The lowest BCUT2D eigenvalue weighted by molar-refractivity contribution is 0.0224. The highest BCUT2D eigenvalue weighted by Gasteiger charge is 2.53. The molecule has 0 aliphatic carbocycles. The van der Waals surface area contributed by atoms with Gasteiger partial charge in [0, 0.05) is 58.6 Å². The molecule has 1 spiro atoms. The summed E-state index contributed by atoms with van der Waals surface area (Å²) in [6.07, 6.45) is 0. The number of esters is 1. The lowest BCUT2D eigenvalue weighted by atomic mass is 9.77. The fourth-order valence-electron chi connectivity index (χ4n) is 6.59. The highest BCUT2D eigenvalue weighted by Crippen LogP contribution is 2.57. The van der Waals surface area contributed by atoms with E-state index in [0.29, 0.717) is 17.1 Å². The van der Waals surface area contributed by atoms with E-state index in [9.17, 15) is 4.79 Å². The van der Waals surface area contributed by atoms with Gasteiger partial charge in [-0.25, -0.2) is 4.79 Å². The van der Waals surface area contributed by atoms with E-state index in [-0.39, 0.29) is 5.97 Å². The molecule has 2 aliphatic rings. The van der Waals surface area contributed by atoms with Crippen LogP contribution in [0.2, 0.25) is 0 Å². The van der Waals surface area contributed by atoms with Crippen LogP contribution in [0.3, 0.4) is 0 Å². The van der Waals surface area contributed by atoms with Gasteiger partial charge in [-0.05, 0) is 87.9 Å². The Morgan fingerprint density at radius 2 is 1.28 bits per heavy atom. The molecule has 0 N–H and O–H groups in total. The Bertz CT molecular complexity index is 1850. The van der Waals surface area contributed by atoms with Crippen molar-refractivity contribution in [1.82, 2.24) is 0 Å². The zero-order valence-corrected chi connectivity index (χ0v) is 24.9. The van der Waals surface area contributed by atoms with Crippen molar-refractivity contribution < 1.29 is 14.3 Å². The smallest absolute Gasteiger partial charge is 0.340 e. The van der Waals surface area contributed by atoms with Crippen LogP contribution >= 0.6 is 0 Å². The summed E-state index contributed by atoms with van der Waals surface area (Å²) in [6.45, 7) is 10.1. The average molecular weight is 567 g/mol.